The molecule has 1 unspecified atom stereocenters. The summed E-state index contributed by atoms with van der Waals surface area (Å²) < 4.78 is 5.87. The first-order valence-corrected chi connectivity index (χ1v) is 7.00. The van der Waals surface area contributed by atoms with E-state index in [4.69, 9.17) is 4.74 Å². The second-order valence-electron chi connectivity index (χ2n) is 4.99. The molecule has 0 radical (unpaired) electrons. The molecule has 1 atom stereocenters. The number of hydrogen-bond acceptors (Lipinski definition) is 3. The normalized spacial score (nSPS) is 12.2. The van der Waals surface area contributed by atoms with Crippen LogP contribution in [0.3, 0.4) is 0 Å². The topological polar surface area (TPSA) is 34.1 Å². The van der Waals surface area contributed by atoms with Crippen LogP contribution in [0.5, 0.6) is 5.75 Å². The Morgan fingerprint density at radius 3 is 2.60 bits per heavy atom. The van der Waals surface area contributed by atoms with Gasteiger partial charge in [-0.05, 0) is 55.8 Å². The minimum atomic E-state index is 0.361. The van der Waals surface area contributed by atoms with Gasteiger partial charge in [-0.15, -0.1) is 0 Å². The monoisotopic (exact) mass is 270 g/mol. The van der Waals surface area contributed by atoms with Crippen LogP contribution in [0.15, 0.2) is 42.7 Å². The molecule has 1 aromatic carbocycles. The smallest absolute Gasteiger partial charge is 0.122 e. The van der Waals surface area contributed by atoms with Crippen LogP contribution in [0, 0.1) is 6.92 Å². The summed E-state index contributed by atoms with van der Waals surface area (Å²) in [5, 5.41) is 3.25. The number of pyridine rings is 1. The maximum atomic E-state index is 5.87. The van der Waals surface area contributed by atoms with E-state index in [1.165, 1.54) is 16.7 Å². The first-order chi connectivity index (χ1) is 9.70. The van der Waals surface area contributed by atoms with E-state index in [0.29, 0.717) is 12.6 Å². The molecule has 2 rings (SSSR count). The molecule has 0 saturated carbocycles. The van der Waals surface area contributed by atoms with Crippen molar-refractivity contribution in [2.45, 2.75) is 26.3 Å². The van der Waals surface area contributed by atoms with Crippen LogP contribution < -0.4 is 10.1 Å². The van der Waals surface area contributed by atoms with Crippen molar-refractivity contribution in [1.82, 2.24) is 10.3 Å². The minimum Gasteiger partial charge on any atom is -0.493 e. The van der Waals surface area contributed by atoms with E-state index < -0.39 is 0 Å². The van der Waals surface area contributed by atoms with E-state index >= 15 is 0 Å². The Hall–Kier alpha value is -1.87. The highest BCUT2D eigenvalue weighted by Crippen LogP contribution is 2.22. The van der Waals surface area contributed by atoms with Crippen LogP contribution in [-0.2, 0) is 6.42 Å². The number of benzene rings is 1. The maximum Gasteiger partial charge on any atom is 0.122 e. The molecule has 3 heteroatoms. The van der Waals surface area contributed by atoms with Gasteiger partial charge in [0.25, 0.3) is 0 Å². The van der Waals surface area contributed by atoms with Gasteiger partial charge in [0, 0.05) is 24.9 Å². The zero-order valence-electron chi connectivity index (χ0n) is 12.4. The van der Waals surface area contributed by atoms with Gasteiger partial charge >= 0.3 is 0 Å². The Morgan fingerprint density at radius 2 is 1.95 bits per heavy atom. The third-order valence-electron chi connectivity index (χ3n) is 3.53. The van der Waals surface area contributed by atoms with Gasteiger partial charge in [0.15, 0.2) is 0 Å². The maximum absolute atomic E-state index is 5.87. The van der Waals surface area contributed by atoms with Crippen LogP contribution in [0.4, 0.5) is 0 Å². The molecule has 20 heavy (non-hydrogen) atoms. The lowest BCUT2D eigenvalue weighted by molar-refractivity contribution is 0.319. The third-order valence-corrected chi connectivity index (χ3v) is 3.53. The second kappa shape index (κ2) is 7.06. The summed E-state index contributed by atoms with van der Waals surface area (Å²) in [6.45, 7) is 4.93. The summed E-state index contributed by atoms with van der Waals surface area (Å²) in [7, 11) is 1.97. The largest absolute Gasteiger partial charge is 0.493 e. The summed E-state index contributed by atoms with van der Waals surface area (Å²) in [5.41, 5.74) is 3.71. The van der Waals surface area contributed by atoms with Gasteiger partial charge in [-0.3, -0.25) is 4.98 Å². The zero-order chi connectivity index (χ0) is 14.4. The fraction of sp³-hybridized carbons (Fsp3) is 0.353. The molecule has 1 heterocycles. The Bertz CT molecular complexity index is 540. The van der Waals surface area contributed by atoms with Crippen LogP contribution in [-0.4, -0.2) is 18.6 Å². The molecule has 106 valence electrons. The lowest BCUT2D eigenvalue weighted by Gasteiger charge is -2.14. The number of nitrogens with zero attached hydrogens (tertiary/aromatic N) is 1. The highest BCUT2D eigenvalue weighted by Gasteiger charge is 2.06. The minimum absolute atomic E-state index is 0.361. The molecular formula is C17H22N2O. The summed E-state index contributed by atoms with van der Waals surface area (Å²) in [4.78, 5) is 4.01. The third kappa shape index (κ3) is 3.81. The van der Waals surface area contributed by atoms with E-state index in [2.05, 4.69) is 42.3 Å². The zero-order valence-corrected chi connectivity index (χ0v) is 12.4. The van der Waals surface area contributed by atoms with E-state index in [0.717, 1.165) is 12.2 Å². The quantitative estimate of drug-likeness (QED) is 0.874. The Morgan fingerprint density at radius 1 is 1.20 bits per heavy atom. The molecule has 0 fully saturated rings. The number of hydrogen-bond donors (Lipinski definition) is 1. The van der Waals surface area contributed by atoms with Gasteiger partial charge in [0.1, 0.15) is 5.75 Å². The van der Waals surface area contributed by atoms with Gasteiger partial charge in [-0.25, -0.2) is 0 Å². The summed E-state index contributed by atoms with van der Waals surface area (Å²) in [5.74, 6) is 0.964. The highest BCUT2D eigenvalue weighted by atomic mass is 16.5. The van der Waals surface area contributed by atoms with Crippen LogP contribution >= 0.6 is 0 Å². The van der Waals surface area contributed by atoms with Gasteiger partial charge in [-0.1, -0.05) is 12.1 Å². The summed E-state index contributed by atoms with van der Waals surface area (Å²) in [6.07, 6.45) is 4.53. The number of ether oxygens (including phenoxy) is 1. The fourth-order valence-electron chi connectivity index (χ4n) is 2.10. The van der Waals surface area contributed by atoms with Crippen molar-refractivity contribution < 1.29 is 4.74 Å². The van der Waals surface area contributed by atoms with E-state index in [9.17, 15) is 0 Å². The van der Waals surface area contributed by atoms with Crippen LogP contribution in [0.2, 0.25) is 0 Å². The average Bonchev–Trinajstić information content (AvgIpc) is 2.49. The van der Waals surface area contributed by atoms with Crippen molar-refractivity contribution in [3.05, 3.63) is 59.4 Å². The van der Waals surface area contributed by atoms with Gasteiger partial charge in [-0.2, -0.15) is 0 Å². The molecule has 1 aromatic heterocycles. The Balaban J connectivity index is 1.93. The molecule has 2 aromatic rings. The lowest BCUT2D eigenvalue weighted by Crippen LogP contribution is -2.12. The number of aryl methyl sites for hydroxylation is 1. The lowest BCUT2D eigenvalue weighted by atomic mass is 10.1. The fourth-order valence-corrected chi connectivity index (χ4v) is 2.10. The standard InChI is InChI=1S/C17H22N2O/c1-13-12-16(14(2)18-3)4-5-17(13)20-11-8-15-6-9-19-10-7-15/h4-7,9-10,12,14,18H,8,11H2,1-3H3. The van der Waals surface area contributed by atoms with E-state index in [1.54, 1.807) is 0 Å². The predicted molar refractivity (Wildman–Crippen MR) is 82.1 cm³/mol. The first kappa shape index (κ1) is 14.5. The number of rotatable bonds is 6. The molecule has 0 bridgehead atoms. The molecule has 0 spiro atoms. The second-order valence-corrected chi connectivity index (χ2v) is 4.99. The molecule has 1 N–H and O–H groups in total. The van der Waals surface area contributed by atoms with Crippen molar-refractivity contribution in [1.29, 1.82) is 0 Å². The molecule has 0 aliphatic carbocycles. The molecule has 0 amide bonds. The average molecular weight is 270 g/mol. The molecular weight excluding hydrogens is 248 g/mol. The van der Waals surface area contributed by atoms with Crippen LogP contribution in [0.25, 0.3) is 0 Å². The highest BCUT2D eigenvalue weighted by molar-refractivity contribution is 5.37. The first-order valence-electron chi connectivity index (χ1n) is 7.00. The molecule has 0 aliphatic heterocycles. The molecule has 0 saturated heterocycles. The molecule has 0 aliphatic rings. The summed E-state index contributed by atoms with van der Waals surface area (Å²) >= 11 is 0. The van der Waals surface area contributed by atoms with Crippen molar-refractivity contribution >= 4 is 0 Å². The van der Waals surface area contributed by atoms with E-state index in [1.807, 2.05) is 31.6 Å². The van der Waals surface area contributed by atoms with Gasteiger partial charge in [0.2, 0.25) is 0 Å². The number of aromatic nitrogens is 1. The van der Waals surface area contributed by atoms with Crippen molar-refractivity contribution in [2.24, 2.45) is 0 Å². The van der Waals surface area contributed by atoms with Crippen LogP contribution in [0.1, 0.15) is 29.7 Å². The number of nitrogens with one attached hydrogen (secondary N) is 1. The molecule has 3 nitrogen and oxygen atoms in total. The van der Waals surface area contributed by atoms with Crippen molar-refractivity contribution in [3.8, 4) is 5.75 Å². The van der Waals surface area contributed by atoms with Crippen molar-refractivity contribution in [2.75, 3.05) is 13.7 Å². The Kier molecular flexibility index (Phi) is 5.13. The van der Waals surface area contributed by atoms with E-state index in [-0.39, 0.29) is 0 Å². The van der Waals surface area contributed by atoms with Gasteiger partial charge in [0.05, 0.1) is 6.61 Å². The van der Waals surface area contributed by atoms with Crippen molar-refractivity contribution in [3.63, 3.8) is 0 Å². The van der Waals surface area contributed by atoms with Gasteiger partial charge < -0.3 is 10.1 Å². The predicted octanol–water partition coefficient (Wildman–Crippen LogP) is 3.29. The Labute approximate surface area is 121 Å². The SMILES string of the molecule is CNC(C)c1ccc(OCCc2ccncc2)c(C)c1. The summed E-state index contributed by atoms with van der Waals surface area (Å²) in [6, 6.07) is 10.8.